The lowest BCUT2D eigenvalue weighted by Gasteiger charge is -2.39. The summed E-state index contributed by atoms with van der Waals surface area (Å²) in [6, 6.07) is 6.02. The van der Waals surface area contributed by atoms with Crippen LogP contribution in [-0.4, -0.2) is 22.9 Å². The molecule has 6 heteroatoms. The van der Waals surface area contributed by atoms with E-state index in [-0.39, 0.29) is 29.2 Å². The fourth-order valence-electron chi connectivity index (χ4n) is 3.12. The van der Waals surface area contributed by atoms with Gasteiger partial charge >= 0.3 is 5.97 Å². The summed E-state index contributed by atoms with van der Waals surface area (Å²) in [5, 5.41) is 10.2. The van der Waals surface area contributed by atoms with E-state index in [9.17, 15) is 14.4 Å². The number of carboxylic acid groups (broad SMARTS) is 1. The van der Waals surface area contributed by atoms with Gasteiger partial charge in [0.2, 0.25) is 11.8 Å². The topological polar surface area (TPSA) is 86.7 Å². The number of hydrazine groups is 1. The van der Waals surface area contributed by atoms with Crippen molar-refractivity contribution in [2.45, 2.75) is 25.7 Å². The van der Waals surface area contributed by atoms with Crippen LogP contribution in [0.25, 0.3) is 0 Å². The Kier molecular flexibility index (Phi) is 3.37. The first-order chi connectivity index (χ1) is 10.1. The zero-order chi connectivity index (χ0) is 15.0. The van der Waals surface area contributed by atoms with Gasteiger partial charge in [0.15, 0.2) is 0 Å². The van der Waals surface area contributed by atoms with Crippen LogP contribution in [0, 0.1) is 11.8 Å². The van der Waals surface area contributed by atoms with E-state index in [2.05, 4.69) is 5.43 Å². The highest BCUT2D eigenvalue weighted by atomic mass is 16.4. The predicted octanol–water partition coefficient (Wildman–Crippen LogP) is 1.57. The van der Waals surface area contributed by atoms with Crippen LogP contribution < -0.4 is 10.4 Å². The van der Waals surface area contributed by atoms with Crippen LogP contribution in [0.2, 0.25) is 0 Å². The van der Waals surface area contributed by atoms with Gasteiger partial charge in [-0.05, 0) is 31.0 Å². The Morgan fingerprint density at radius 2 is 1.90 bits per heavy atom. The van der Waals surface area contributed by atoms with Gasteiger partial charge in [0.25, 0.3) is 0 Å². The molecule has 3 rings (SSSR count). The van der Waals surface area contributed by atoms with E-state index < -0.39 is 5.97 Å². The van der Waals surface area contributed by atoms with Crippen molar-refractivity contribution in [1.82, 2.24) is 5.43 Å². The summed E-state index contributed by atoms with van der Waals surface area (Å²) >= 11 is 0. The molecular weight excluding hydrogens is 272 g/mol. The second-order valence-electron chi connectivity index (χ2n) is 5.50. The molecule has 1 aliphatic heterocycles. The zero-order valence-corrected chi connectivity index (χ0v) is 11.4. The van der Waals surface area contributed by atoms with Gasteiger partial charge in [0.05, 0.1) is 23.1 Å². The van der Waals surface area contributed by atoms with Crippen LogP contribution in [0.1, 0.15) is 36.0 Å². The lowest BCUT2D eigenvalue weighted by Crippen LogP contribution is -2.59. The van der Waals surface area contributed by atoms with Gasteiger partial charge < -0.3 is 5.11 Å². The van der Waals surface area contributed by atoms with Crippen molar-refractivity contribution in [1.29, 1.82) is 0 Å². The molecule has 0 radical (unpaired) electrons. The van der Waals surface area contributed by atoms with Crippen molar-refractivity contribution in [3.63, 3.8) is 0 Å². The van der Waals surface area contributed by atoms with Gasteiger partial charge in [-0.15, -0.1) is 0 Å². The van der Waals surface area contributed by atoms with E-state index >= 15 is 0 Å². The van der Waals surface area contributed by atoms with Gasteiger partial charge in [-0.1, -0.05) is 18.9 Å². The van der Waals surface area contributed by atoms with Crippen molar-refractivity contribution >= 4 is 23.5 Å². The standard InChI is InChI=1S/C15H16N2O4/c18-13-11-6-1-2-7-12(11)14(19)17(16-13)10-5-3-4-9(8-10)15(20)21/h3-5,8,11-12H,1-2,6-7H2,(H,16,18)(H,20,21). The highest BCUT2D eigenvalue weighted by Crippen LogP contribution is 2.35. The molecular formula is C15H16N2O4. The number of nitrogens with one attached hydrogen (secondary N) is 1. The van der Waals surface area contributed by atoms with E-state index in [4.69, 9.17) is 5.11 Å². The molecule has 2 fully saturated rings. The third kappa shape index (κ3) is 2.37. The SMILES string of the molecule is O=C(O)c1cccc(N2NC(=O)C3CCCCC3C2=O)c1. The van der Waals surface area contributed by atoms with Crippen LogP contribution in [0.3, 0.4) is 0 Å². The maximum atomic E-state index is 12.6. The van der Waals surface area contributed by atoms with E-state index in [0.717, 1.165) is 19.3 Å². The monoisotopic (exact) mass is 288 g/mol. The quantitative estimate of drug-likeness (QED) is 0.864. The smallest absolute Gasteiger partial charge is 0.335 e. The zero-order valence-electron chi connectivity index (χ0n) is 11.4. The second-order valence-corrected chi connectivity index (χ2v) is 5.50. The third-order valence-corrected chi connectivity index (χ3v) is 4.21. The molecule has 1 aromatic rings. The molecule has 2 amide bonds. The number of hydrogen-bond donors (Lipinski definition) is 2. The minimum atomic E-state index is -1.07. The molecule has 0 spiro atoms. The summed E-state index contributed by atoms with van der Waals surface area (Å²) in [4.78, 5) is 35.7. The number of aromatic carboxylic acids is 1. The van der Waals surface area contributed by atoms with Crippen molar-refractivity contribution in [2.24, 2.45) is 11.8 Å². The largest absolute Gasteiger partial charge is 0.478 e. The van der Waals surface area contributed by atoms with Crippen LogP contribution >= 0.6 is 0 Å². The number of carboxylic acids is 1. The molecule has 2 aliphatic rings. The summed E-state index contributed by atoms with van der Waals surface area (Å²) in [5.74, 6) is -1.91. The molecule has 1 aromatic carbocycles. The van der Waals surface area contributed by atoms with Crippen molar-refractivity contribution < 1.29 is 19.5 Å². The van der Waals surface area contributed by atoms with Crippen LogP contribution in [0.15, 0.2) is 24.3 Å². The number of carbonyl (C=O) groups is 3. The second kappa shape index (κ2) is 5.20. The Balaban J connectivity index is 1.92. The molecule has 2 atom stereocenters. The summed E-state index contributed by atoms with van der Waals surface area (Å²) in [6.07, 6.45) is 3.37. The van der Waals surface area contributed by atoms with E-state index in [1.54, 1.807) is 12.1 Å². The van der Waals surface area contributed by atoms with Gasteiger partial charge in [-0.25, -0.2) is 9.80 Å². The van der Waals surface area contributed by atoms with E-state index in [1.165, 1.54) is 17.1 Å². The first-order valence-electron chi connectivity index (χ1n) is 7.06. The summed E-state index contributed by atoms with van der Waals surface area (Å²) in [7, 11) is 0. The van der Waals surface area contributed by atoms with Gasteiger partial charge in [-0.3, -0.25) is 15.0 Å². The normalized spacial score (nSPS) is 25.2. The van der Waals surface area contributed by atoms with Crippen LogP contribution in [-0.2, 0) is 9.59 Å². The molecule has 2 unspecified atom stereocenters. The number of anilines is 1. The summed E-state index contributed by atoms with van der Waals surface area (Å²) in [5.41, 5.74) is 3.07. The maximum absolute atomic E-state index is 12.6. The van der Waals surface area contributed by atoms with Gasteiger partial charge in [-0.2, -0.15) is 0 Å². The fourth-order valence-corrected chi connectivity index (χ4v) is 3.12. The third-order valence-electron chi connectivity index (χ3n) is 4.21. The molecule has 110 valence electrons. The molecule has 1 heterocycles. The Hall–Kier alpha value is -2.37. The lowest BCUT2D eigenvalue weighted by atomic mass is 9.77. The maximum Gasteiger partial charge on any atom is 0.335 e. The Labute approximate surface area is 121 Å². The number of nitrogens with zero attached hydrogens (tertiary/aromatic N) is 1. The molecule has 0 aromatic heterocycles. The molecule has 1 saturated carbocycles. The molecule has 21 heavy (non-hydrogen) atoms. The minimum absolute atomic E-state index is 0.0836. The van der Waals surface area contributed by atoms with E-state index in [1.807, 2.05) is 0 Å². The molecule has 6 nitrogen and oxygen atoms in total. The summed E-state index contributed by atoms with van der Waals surface area (Å²) < 4.78 is 0. The molecule has 1 saturated heterocycles. The first kappa shape index (κ1) is 13.6. The van der Waals surface area contributed by atoms with Crippen LogP contribution in [0.4, 0.5) is 5.69 Å². The van der Waals surface area contributed by atoms with E-state index in [0.29, 0.717) is 12.1 Å². The predicted molar refractivity (Wildman–Crippen MR) is 74.5 cm³/mol. The highest BCUT2D eigenvalue weighted by molar-refractivity contribution is 6.04. The van der Waals surface area contributed by atoms with Crippen molar-refractivity contribution in [3.05, 3.63) is 29.8 Å². The number of amides is 2. The average Bonchev–Trinajstić information content (AvgIpc) is 2.51. The van der Waals surface area contributed by atoms with Crippen molar-refractivity contribution in [3.8, 4) is 0 Å². The Morgan fingerprint density at radius 1 is 1.19 bits per heavy atom. The molecule has 1 aliphatic carbocycles. The van der Waals surface area contributed by atoms with Crippen molar-refractivity contribution in [2.75, 3.05) is 5.01 Å². The molecule has 0 bridgehead atoms. The number of hydrogen-bond acceptors (Lipinski definition) is 3. The molecule has 2 N–H and O–H groups in total. The first-order valence-corrected chi connectivity index (χ1v) is 7.06. The number of benzene rings is 1. The summed E-state index contributed by atoms with van der Waals surface area (Å²) in [6.45, 7) is 0. The number of carbonyl (C=O) groups excluding carboxylic acids is 2. The van der Waals surface area contributed by atoms with Crippen LogP contribution in [0.5, 0.6) is 0 Å². The fraction of sp³-hybridized carbons (Fsp3) is 0.400. The Morgan fingerprint density at radius 3 is 2.62 bits per heavy atom. The average molecular weight is 288 g/mol. The number of fused-ring (bicyclic) bond motifs is 1. The minimum Gasteiger partial charge on any atom is -0.478 e. The number of rotatable bonds is 2. The van der Waals surface area contributed by atoms with Gasteiger partial charge in [0, 0.05) is 0 Å². The Bertz CT molecular complexity index is 613. The highest BCUT2D eigenvalue weighted by Gasteiger charge is 2.43. The van der Waals surface area contributed by atoms with Gasteiger partial charge in [0.1, 0.15) is 0 Å². The lowest BCUT2D eigenvalue weighted by molar-refractivity contribution is -0.141.